The summed E-state index contributed by atoms with van der Waals surface area (Å²) in [5, 5.41) is 0. The zero-order chi connectivity index (χ0) is 11.8. The fraction of sp³-hybridized carbons (Fsp3) is 0.500. The Labute approximate surface area is 104 Å². The lowest BCUT2D eigenvalue weighted by Crippen LogP contribution is -2.41. The van der Waals surface area contributed by atoms with Crippen molar-refractivity contribution in [3.05, 3.63) is 23.3 Å². The maximum absolute atomic E-state index is 5.31. The molecule has 0 amide bonds. The molecule has 1 heterocycles. The number of benzene rings is 1. The Hall–Kier alpha value is -0.740. The standard InChI is InChI=1S/C12H15BrO3/c1-8-4-10(14-2)11(15-3)5-9(8)12(13)6-16-7-12/h4-5H,6-7H2,1-3H3. The van der Waals surface area contributed by atoms with Gasteiger partial charge in [-0.3, -0.25) is 0 Å². The molecule has 88 valence electrons. The van der Waals surface area contributed by atoms with Gasteiger partial charge in [-0.15, -0.1) is 0 Å². The fourth-order valence-corrected chi connectivity index (χ4v) is 2.65. The molecule has 0 saturated carbocycles. The zero-order valence-electron chi connectivity index (χ0n) is 9.67. The van der Waals surface area contributed by atoms with Gasteiger partial charge in [0.2, 0.25) is 0 Å². The maximum atomic E-state index is 5.31. The smallest absolute Gasteiger partial charge is 0.161 e. The fourth-order valence-electron chi connectivity index (χ4n) is 1.90. The second-order valence-electron chi connectivity index (χ2n) is 3.98. The highest BCUT2D eigenvalue weighted by molar-refractivity contribution is 9.09. The number of hydrogen-bond acceptors (Lipinski definition) is 3. The Balaban J connectivity index is 2.46. The monoisotopic (exact) mass is 286 g/mol. The highest BCUT2D eigenvalue weighted by Crippen LogP contribution is 2.43. The molecule has 4 heteroatoms. The van der Waals surface area contributed by atoms with Crippen LogP contribution in [0.5, 0.6) is 11.5 Å². The molecule has 16 heavy (non-hydrogen) atoms. The molecule has 0 atom stereocenters. The second-order valence-corrected chi connectivity index (χ2v) is 5.50. The highest BCUT2D eigenvalue weighted by Gasteiger charge is 2.39. The van der Waals surface area contributed by atoms with Crippen molar-refractivity contribution in [2.75, 3.05) is 27.4 Å². The minimum absolute atomic E-state index is 0.0589. The van der Waals surface area contributed by atoms with E-state index >= 15 is 0 Å². The first kappa shape index (κ1) is 11.7. The van der Waals surface area contributed by atoms with Crippen LogP contribution < -0.4 is 9.47 Å². The van der Waals surface area contributed by atoms with Gasteiger partial charge in [-0.25, -0.2) is 0 Å². The Morgan fingerprint density at radius 1 is 1.19 bits per heavy atom. The van der Waals surface area contributed by atoms with Crippen molar-refractivity contribution in [3.8, 4) is 11.5 Å². The predicted octanol–water partition coefficient (Wildman–Crippen LogP) is 2.63. The summed E-state index contributed by atoms with van der Waals surface area (Å²) in [6.07, 6.45) is 0. The number of alkyl halides is 1. The number of aryl methyl sites for hydroxylation is 1. The van der Waals surface area contributed by atoms with Crippen molar-refractivity contribution in [2.45, 2.75) is 11.2 Å². The molecular formula is C12H15BrO3. The third kappa shape index (κ3) is 1.80. The van der Waals surface area contributed by atoms with Crippen molar-refractivity contribution in [1.29, 1.82) is 0 Å². The third-order valence-electron chi connectivity index (χ3n) is 2.87. The normalized spacial score (nSPS) is 17.8. The minimum atomic E-state index is -0.0589. The van der Waals surface area contributed by atoms with Crippen LogP contribution in [0.4, 0.5) is 0 Å². The van der Waals surface area contributed by atoms with E-state index in [1.54, 1.807) is 14.2 Å². The van der Waals surface area contributed by atoms with Gasteiger partial charge < -0.3 is 14.2 Å². The van der Waals surface area contributed by atoms with Crippen molar-refractivity contribution < 1.29 is 14.2 Å². The van der Waals surface area contributed by atoms with Gasteiger partial charge in [0, 0.05) is 0 Å². The van der Waals surface area contributed by atoms with Crippen LogP contribution in [0.15, 0.2) is 12.1 Å². The lowest BCUT2D eigenvalue weighted by Gasteiger charge is -2.37. The summed E-state index contributed by atoms with van der Waals surface area (Å²) in [5.41, 5.74) is 2.38. The van der Waals surface area contributed by atoms with E-state index < -0.39 is 0 Å². The van der Waals surface area contributed by atoms with E-state index in [2.05, 4.69) is 22.9 Å². The zero-order valence-corrected chi connectivity index (χ0v) is 11.3. The Morgan fingerprint density at radius 2 is 1.75 bits per heavy atom. The van der Waals surface area contributed by atoms with E-state index in [0.717, 1.165) is 11.5 Å². The maximum Gasteiger partial charge on any atom is 0.161 e. The first-order valence-electron chi connectivity index (χ1n) is 5.10. The third-order valence-corrected chi connectivity index (χ3v) is 3.76. The number of ether oxygens (including phenoxy) is 3. The van der Waals surface area contributed by atoms with Crippen LogP contribution in [-0.2, 0) is 9.06 Å². The quantitative estimate of drug-likeness (QED) is 0.800. The van der Waals surface area contributed by atoms with Crippen LogP contribution >= 0.6 is 15.9 Å². The molecule has 0 radical (unpaired) electrons. The molecule has 2 rings (SSSR count). The van der Waals surface area contributed by atoms with Gasteiger partial charge in [0.15, 0.2) is 11.5 Å². The second kappa shape index (κ2) is 4.26. The van der Waals surface area contributed by atoms with E-state index in [-0.39, 0.29) is 4.32 Å². The van der Waals surface area contributed by atoms with E-state index in [1.165, 1.54) is 11.1 Å². The molecule has 0 N–H and O–H groups in total. The molecular weight excluding hydrogens is 272 g/mol. The molecule has 1 saturated heterocycles. The van der Waals surface area contributed by atoms with Crippen molar-refractivity contribution in [1.82, 2.24) is 0 Å². The Kier molecular flexibility index (Phi) is 3.13. The SMILES string of the molecule is COc1cc(C)c(C2(Br)COC2)cc1OC. The van der Waals surface area contributed by atoms with Gasteiger partial charge in [-0.1, -0.05) is 15.9 Å². The van der Waals surface area contributed by atoms with Crippen LogP contribution in [0.3, 0.4) is 0 Å². The van der Waals surface area contributed by atoms with Crippen LogP contribution in [0.1, 0.15) is 11.1 Å². The first-order chi connectivity index (χ1) is 7.60. The van der Waals surface area contributed by atoms with Gasteiger partial charge in [-0.2, -0.15) is 0 Å². The van der Waals surface area contributed by atoms with E-state index in [4.69, 9.17) is 14.2 Å². The van der Waals surface area contributed by atoms with Crippen LogP contribution in [0.2, 0.25) is 0 Å². The molecule has 3 nitrogen and oxygen atoms in total. The summed E-state index contributed by atoms with van der Waals surface area (Å²) in [4.78, 5) is 0. The summed E-state index contributed by atoms with van der Waals surface area (Å²) >= 11 is 3.72. The summed E-state index contributed by atoms with van der Waals surface area (Å²) in [6.45, 7) is 3.46. The molecule has 1 aromatic carbocycles. The largest absolute Gasteiger partial charge is 0.493 e. The van der Waals surface area contributed by atoms with E-state index in [1.807, 2.05) is 12.1 Å². The number of rotatable bonds is 3. The number of hydrogen-bond donors (Lipinski definition) is 0. The van der Waals surface area contributed by atoms with Crippen LogP contribution in [-0.4, -0.2) is 27.4 Å². The molecule has 0 spiro atoms. The molecule has 0 unspecified atom stereocenters. The minimum Gasteiger partial charge on any atom is -0.493 e. The summed E-state index contributed by atoms with van der Waals surface area (Å²) in [7, 11) is 3.29. The average Bonchev–Trinajstić information content (AvgIpc) is 2.25. The van der Waals surface area contributed by atoms with Gasteiger partial charge in [-0.05, 0) is 30.2 Å². The molecule has 1 fully saturated rings. The number of methoxy groups -OCH3 is 2. The van der Waals surface area contributed by atoms with Gasteiger partial charge in [0.1, 0.15) is 0 Å². The molecule has 1 aliphatic heterocycles. The van der Waals surface area contributed by atoms with Crippen molar-refractivity contribution in [3.63, 3.8) is 0 Å². The predicted molar refractivity (Wildman–Crippen MR) is 65.7 cm³/mol. The van der Waals surface area contributed by atoms with Crippen molar-refractivity contribution >= 4 is 15.9 Å². The molecule has 0 aliphatic carbocycles. The lowest BCUT2D eigenvalue weighted by molar-refractivity contribution is -0.00733. The molecule has 1 aliphatic rings. The number of halogens is 1. The van der Waals surface area contributed by atoms with Gasteiger partial charge >= 0.3 is 0 Å². The Morgan fingerprint density at radius 3 is 2.19 bits per heavy atom. The summed E-state index contributed by atoms with van der Waals surface area (Å²) < 4.78 is 15.8. The summed E-state index contributed by atoms with van der Waals surface area (Å²) in [6, 6.07) is 4.01. The molecule has 0 aromatic heterocycles. The molecule has 1 aromatic rings. The first-order valence-corrected chi connectivity index (χ1v) is 5.90. The Bertz CT molecular complexity index is 399. The topological polar surface area (TPSA) is 27.7 Å². The van der Waals surface area contributed by atoms with Crippen molar-refractivity contribution in [2.24, 2.45) is 0 Å². The highest BCUT2D eigenvalue weighted by atomic mass is 79.9. The molecule has 0 bridgehead atoms. The average molecular weight is 287 g/mol. The lowest BCUT2D eigenvalue weighted by atomic mass is 9.92. The van der Waals surface area contributed by atoms with Crippen LogP contribution in [0, 0.1) is 6.92 Å². The van der Waals surface area contributed by atoms with E-state index in [9.17, 15) is 0 Å². The van der Waals surface area contributed by atoms with Gasteiger partial charge in [0.05, 0.1) is 31.8 Å². The van der Waals surface area contributed by atoms with Crippen LogP contribution in [0.25, 0.3) is 0 Å². The van der Waals surface area contributed by atoms with E-state index in [0.29, 0.717) is 13.2 Å². The summed E-state index contributed by atoms with van der Waals surface area (Å²) in [5.74, 6) is 1.52. The van der Waals surface area contributed by atoms with Gasteiger partial charge in [0.25, 0.3) is 0 Å².